The molecule has 10 nitrogen and oxygen atoms in total. The summed E-state index contributed by atoms with van der Waals surface area (Å²) >= 11 is 1.54. The van der Waals surface area contributed by atoms with E-state index in [-0.39, 0.29) is 5.92 Å². The van der Waals surface area contributed by atoms with Crippen molar-refractivity contribution in [3.8, 4) is 0 Å². The fraction of sp³-hybridized carbons (Fsp3) is 0.765. The fourth-order valence-electron chi connectivity index (χ4n) is 2.23. The molecule has 7 N–H and O–H groups in total. The van der Waals surface area contributed by atoms with Crippen LogP contribution < -0.4 is 21.7 Å². The zero-order valence-corrected chi connectivity index (χ0v) is 17.5. The Morgan fingerprint density at radius 3 is 2.14 bits per heavy atom. The molecule has 0 aliphatic heterocycles. The number of aliphatic hydroxyl groups excluding tert-OH is 1. The zero-order chi connectivity index (χ0) is 21.9. The van der Waals surface area contributed by atoms with Gasteiger partial charge in [0.05, 0.1) is 18.7 Å². The Hall–Kier alpha value is -1.85. The maximum atomic E-state index is 12.4. The molecule has 0 aromatic rings. The first-order chi connectivity index (χ1) is 13.0. The van der Waals surface area contributed by atoms with Crippen LogP contribution in [0, 0.1) is 5.92 Å². The quantitative estimate of drug-likeness (QED) is 0.213. The summed E-state index contributed by atoms with van der Waals surface area (Å²) in [6.45, 7) is 4.33. The summed E-state index contributed by atoms with van der Waals surface area (Å²) in [5, 5.41) is 26.1. The van der Waals surface area contributed by atoms with Crippen LogP contribution in [-0.2, 0) is 19.2 Å². The highest BCUT2D eigenvalue weighted by Gasteiger charge is 2.31. The summed E-state index contributed by atoms with van der Waals surface area (Å²) in [4.78, 5) is 47.6. The number of nitrogens with two attached hydrogens (primary N) is 1. The van der Waals surface area contributed by atoms with Gasteiger partial charge in [0.1, 0.15) is 12.1 Å². The van der Waals surface area contributed by atoms with Crippen molar-refractivity contribution in [2.75, 3.05) is 18.6 Å². The summed E-state index contributed by atoms with van der Waals surface area (Å²) < 4.78 is 0. The summed E-state index contributed by atoms with van der Waals surface area (Å²) in [6.07, 6.45) is 1.59. The van der Waals surface area contributed by atoms with E-state index in [1.807, 2.05) is 6.26 Å². The Labute approximate surface area is 169 Å². The Morgan fingerprint density at radius 1 is 1.07 bits per heavy atom. The van der Waals surface area contributed by atoms with Crippen LogP contribution in [-0.4, -0.2) is 76.7 Å². The Kier molecular flexibility index (Phi) is 12.5. The summed E-state index contributed by atoms with van der Waals surface area (Å²) in [5.41, 5.74) is 5.70. The molecule has 0 aliphatic rings. The summed E-state index contributed by atoms with van der Waals surface area (Å²) in [6, 6.07) is -3.26. The topological polar surface area (TPSA) is 171 Å². The van der Waals surface area contributed by atoms with Gasteiger partial charge in [0.15, 0.2) is 0 Å². The van der Waals surface area contributed by atoms with Gasteiger partial charge in [-0.15, -0.1) is 0 Å². The van der Waals surface area contributed by atoms with Crippen molar-refractivity contribution in [3.63, 3.8) is 0 Å². The van der Waals surface area contributed by atoms with E-state index in [0.717, 1.165) is 0 Å². The third-order valence-corrected chi connectivity index (χ3v) is 4.90. The van der Waals surface area contributed by atoms with Crippen LogP contribution in [0.3, 0.4) is 0 Å². The summed E-state index contributed by atoms with van der Waals surface area (Å²) in [5.74, 6) is -2.86. The van der Waals surface area contributed by atoms with Gasteiger partial charge in [-0.2, -0.15) is 11.8 Å². The van der Waals surface area contributed by atoms with Crippen molar-refractivity contribution >= 4 is 35.5 Å². The van der Waals surface area contributed by atoms with Crippen molar-refractivity contribution in [2.45, 2.75) is 57.8 Å². The minimum absolute atomic E-state index is 0.339. The van der Waals surface area contributed by atoms with Crippen LogP contribution >= 0.6 is 11.8 Å². The van der Waals surface area contributed by atoms with Crippen molar-refractivity contribution < 1.29 is 29.4 Å². The smallest absolute Gasteiger partial charge is 0.326 e. The lowest BCUT2D eigenvalue weighted by Gasteiger charge is -2.25. The molecule has 11 heteroatoms. The summed E-state index contributed by atoms with van der Waals surface area (Å²) in [7, 11) is 0. The van der Waals surface area contributed by atoms with Gasteiger partial charge in [0.2, 0.25) is 17.7 Å². The van der Waals surface area contributed by atoms with Crippen LogP contribution in [0.1, 0.15) is 33.6 Å². The molecule has 0 aromatic heterocycles. The lowest BCUT2D eigenvalue weighted by Crippen LogP contribution is -2.58. The first-order valence-electron chi connectivity index (χ1n) is 9.07. The highest BCUT2D eigenvalue weighted by atomic mass is 32.2. The van der Waals surface area contributed by atoms with E-state index in [1.54, 1.807) is 25.6 Å². The Bertz CT molecular complexity index is 546. The first kappa shape index (κ1) is 26.1. The number of carbonyl (C=O) groups excluding carboxylic acids is 3. The number of aliphatic hydroxyl groups is 1. The molecule has 0 radical (unpaired) electrons. The van der Waals surface area contributed by atoms with Gasteiger partial charge in [0.25, 0.3) is 0 Å². The number of hydrogen-bond acceptors (Lipinski definition) is 7. The molecule has 28 heavy (non-hydrogen) atoms. The maximum absolute atomic E-state index is 12.4. The third-order valence-electron chi connectivity index (χ3n) is 4.25. The minimum atomic E-state index is -1.36. The molecule has 0 saturated carbocycles. The van der Waals surface area contributed by atoms with Gasteiger partial charge in [0, 0.05) is 0 Å². The van der Waals surface area contributed by atoms with Crippen molar-refractivity contribution in [2.24, 2.45) is 11.7 Å². The second-order valence-corrected chi connectivity index (χ2v) is 7.59. The average molecular weight is 421 g/mol. The van der Waals surface area contributed by atoms with Crippen LogP contribution in [0.25, 0.3) is 0 Å². The molecule has 0 rings (SSSR count). The number of thioether (sulfide) groups is 1. The van der Waals surface area contributed by atoms with E-state index < -0.39 is 54.5 Å². The molecular formula is C17H32N4O6S. The third kappa shape index (κ3) is 9.38. The second-order valence-electron chi connectivity index (χ2n) is 6.60. The van der Waals surface area contributed by atoms with Crippen LogP contribution in [0.5, 0.6) is 0 Å². The van der Waals surface area contributed by atoms with Crippen LogP contribution in [0.4, 0.5) is 0 Å². The fourth-order valence-corrected chi connectivity index (χ4v) is 2.72. The lowest BCUT2D eigenvalue weighted by atomic mass is 9.98. The van der Waals surface area contributed by atoms with Gasteiger partial charge >= 0.3 is 5.97 Å². The Morgan fingerprint density at radius 2 is 1.68 bits per heavy atom. The minimum Gasteiger partial charge on any atom is -0.480 e. The highest BCUT2D eigenvalue weighted by Crippen LogP contribution is 2.08. The van der Waals surface area contributed by atoms with E-state index in [2.05, 4.69) is 16.0 Å². The zero-order valence-electron chi connectivity index (χ0n) is 16.7. The first-order valence-corrected chi connectivity index (χ1v) is 10.5. The number of rotatable bonds is 13. The van der Waals surface area contributed by atoms with E-state index >= 15 is 0 Å². The van der Waals surface area contributed by atoms with Crippen molar-refractivity contribution in [3.05, 3.63) is 0 Å². The van der Waals surface area contributed by atoms with Gasteiger partial charge in [-0.3, -0.25) is 14.4 Å². The molecule has 0 heterocycles. The van der Waals surface area contributed by atoms with Gasteiger partial charge < -0.3 is 31.9 Å². The molecular weight excluding hydrogens is 388 g/mol. The van der Waals surface area contributed by atoms with Crippen molar-refractivity contribution in [1.82, 2.24) is 16.0 Å². The van der Waals surface area contributed by atoms with E-state index in [4.69, 9.17) is 5.73 Å². The van der Waals surface area contributed by atoms with Crippen LogP contribution in [0.15, 0.2) is 0 Å². The number of hydrogen-bond donors (Lipinski definition) is 6. The molecule has 3 amide bonds. The number of aliphatic carboxylic acids is 1. The molecule has 162 valence electrons. The molecule has 5 atom stereocenters. The Balaban J connectivity index is 4.79. The lowest BCUT2D eigenvalue weighted by molar-refractivity contribution is -0.144. The van der Waals surface area contributed by atoms with Gasteiger partial charge in [-0.1, -0.05) is 20.3 Å². The van der Waals surface area contributed by atoms with E-state index in [9.17, 15) is 29.4 Å². The molecule has 0 saturated heterocycles. The predicted octanol–water partition coefficient (Wildman–Crippen LogP) is -1.34. The molecule has 0 aromatic carbocycles. The number of carboxylic acids is 1. The maximum Gasteiger partial charge on any atom is 0.326 e. The normalized spacial score (nSPS) is 16.2. The largest absolute Gasteiger partial charge is 0.480 e. The number of carbonyl (C=O) groups is 4. The number of carboxylic acid groups (broad SMARTS) is 1. The monoisotopic (exact) mass is 420 g/mol. The second kappa shape index (κ2) is 13.3. The number of amides is 3. The van der Waals surface area contributed by atoms with E-state index in [1.165, 1.54) is 6.92 Å². The van der Waals surface area contributed by atoms with E-state index in [0.29, 0.717) is 18.6 Å². The standard InChI is InChI=1S/C17H32N4O6S/c1-5-9(2)13(17(26)27)21-16(25)14(10(3)22)20-12(23)8-19-15(24)11(18)6-7-28-4/h9-11,13-14,22H,5-8,18H2,1-4H3,(H,19,24)(H,20,23)(H,21,25)(H,26,27). The van der Waals surface area contributed by atoms with Crippen LogP contribution in [0.2, 0.25) is 0 Å². The predicted molar refractivity (Wildman–Crippen MR) is 107 cm³/mol. The van der Waals surface area contributed by atoms with Gasteiger partial charge in [-0.25, -0.2) is 4.79 Å². The molecule has 0 bridgehead atoms. The number of nitrogens with one attached hydrogen (secondary N) is 3. The average Bonchev–Trinajstić information content (AvgIpc) is 2.64. The molecule has 5 unspecified atom stereocenters. The van der Waals surface area contributed by atoms with Gasteiger partial charge in [-0.05, 0) is 31.3 Å². The SMILES string of the molecule is CCC(C)C(NC(=O)C(NC(=O)CNC(=O)C(N)CCSC)C(C)O)C(=O)O. The molecule has 0 spiro atoms. The highest BCUT2D eigenvalue weighted by molar-refractivity contribution is 7.98. The van der Waals surface area contributed by atoms with Crippen molar-refractivity contribution in [1.29, 1.82) is 0 Å². The molecule has 0 aliphatic carbocycles. The molecule has 0 fully saturated rings.